The highest BCUT2D eigenvalue weighted by atomic mass is 32.2. The predicted molar refractivity (Wildman–Crippen MR) is 73.1 cm³/mol. The van der Waals surface area contributed by atoms with Gasteiger partial charge in [-0.15, -0.1) is 0 Å². The van der Waals surface area contributed by atoms with E-state index >= 15 is 0 Å². The first-order chi connectivity index (χ1) is 9.21. The van der Waals surface area contributed by atoms with Gasteiger partial charge in [0.05, 0.1) is 0 Å². The van der Waals surface area contributed by atoms with E-state index in [0.717, 1.165) is 6.54 Å². The summed E-state index contributed by atoms with van der Waals surface area (Å²) in [4.78, 5) is 16.2. The number of aromatic nitrogens is 6. The average molecular weight is 278 g/mol. The molecule has 1 aliphatic rings. The fourth-order valence-electron chi connectivity index (χ4n) is 1.71. The number of hydrogen-bond donors (Lipinski definition) is 2. The zero-order valence-electron chi connectivity index (χ0n) is 10.4. The van der Waals surface area contributed by atoms with Crippen LogP contribution in [0.2, 0.25) is 0 Å². The van der Waals surface area contributed by atoms with Crippen molar-refractivity contribution in [1.29, 1.82) is 0 Å². The van der Waals surface area contributed by atoms with Gasteiger partial charge in [-0.1, -0.05) is 0 Å². The van der Waals surface area contributed by atoms with Crippen molar-refractivity contribution in [3.05, 3.63) is 12.7 Å². The van der Waals surface area contributed by atoms with E-state index in [1.165, 1.54) is 30.2 Å². The Labute approximate surface area is 114 Å². The molecule has 2 aromatic heterocycles. The van der Waals surface area contributed by atoms with Crippen molar-refractivity contribution in [2.45, 2.75) is 17.6 Å². The Morgan fingerprint density at radius 2 is 2.26 bits per heavy atom. The minimum Gasteiger partial charge on any atom is -0.368 e. The van der Waals surface area contributed by atoms with Crippen LogP contribution >= 0.6 is 11.8 Å². The molecule has 0 aromatic carbocycles. The number of nitrogens with one attached hydrogen (secondary N) is 1. The summed E-state index contributed by atoms with van der Waals surface area (Å²) < 4.78 is 1.78. The maximum atomic E-state index is 5.68. The third kappa shape index (κ3) is 2.60. The van der Waals surface area contributed by atoms with Crippen molar-refractivity contribution in [3.63, 3.8) is 0 Å². The van der Waals surface area contributed by atoms with Gasteiger partial charge in [0.2, 0.25) is 11.9 Å². The highest BCUT2D eigenvalue weighted by Gasteiger charge is 2.41. The summed E-state index contributed by atoms with van der Waals surface area (Å²) in [6, 6.07) is 0. The Morgan fingerprint density at radius 1 is 1.42 bits per heavy atom. The second-order valence-electron chi connectivity index (χ2n) is 4.40. The number of anilines is 2. The van der Waals surface area contributed by atoms with Crippen LogP contribution in [0.1, 0.15) is 12.8 Å². The third-order valence-electron chi connectivity index (χ3n) is 3.07. The SMILES string of the molecule is CSC1(CNc2nc(N)nc(-n3cncn3)n2)CC1. The lowest BCUT2D eigenvalue weighted by Gasteiger charge is -2.13. The van der Waals surface area contributed by atoms with E-state index in [0.29, 0.717) is 16.6 Å². The van der Waals surface area contributed by atoms with Crippen LogP contribution in [0.4, 0.5) is 11.9 Å². The molecule has 1 saturated carbocycles. The van der Waals surface area contributed by atoms with Crippen LogP contribution < -0.4 is 11.1 Å². The lowest BCUT2D eigenvalue weighted by atomic mass is 10.4. The summed E-state index contributed by atoms with van der Waals surface area (Å²) >= 11 is 1.87. The highest BCUT2D eigenvalue weighted by molar-refractivity contribution is 8.00. The summed E-state index contributed by atoms with van der Waals surface area (Å²) in [7, 11) is 0. The summed E-state index contributed by atoms with van der Waals surface area (Å²) in [5.41, 5.74) is 5.68. The molecule has 0 saturated heterocycles. The van der Waals surface area contributed by atoms with Gasteiger partial charge in [0.15, 0.2) is 0 Å². The predicted octanol–water partition coefficient (Wildman–Crippen LogP) is 0.342. The van der Waals surface area contributed by atoms with Gasteiger partial charge < -0.3 is 11.1 Å². The molecule has 9 heteroatoms. The molecule has 100 valence electrons. The van der Waals surface area contributed by atoms with Crippen molar-refractivity contribution in [3.8, 4) is 5.95 Å². The molecule has 3 N–H and O–H groups in total. The molecule has 3 rings (SSSR count). The molecular weight excluding hydrogens is 264 g/mol. The Bertz CT molecular complexity index is 565. The van der Waals surface area contributed by atoms with Gasteiger partial charge in [-0.25, -0.2) is 4.98 Å². The molecule has 1 aliphatic carbocycles. The topological polar surface area (TPSA) is 107 Å². The first-order valence-electron chi connectivity index (χ1n) is 5.86. The quantitative estimate of drug-likeness (QED) is 0.806. The van der Waals surface area contributed by atoms with E-state index in [9.17, 15) is 0 Å². The monoisotopic (exact) mass is 278 g/mol. The largest absolute Gasteiger partial charge is 0.368 e. The van der Waals surface area contributed by atoms with Crippen LogP contribution in [0.15, 0.2) is 12.7 Å². The molecular formula is C10H14N8S. The van der Waals surface area contributed by atoms with Gasteiger partial charge in [-0.2, -0.15) is 36.5 Å². The summed E-state index contributed by atoms with van der Waals surface area (Å²) in [5.74, 6) is 0.997. The molecule has 2 aromatic rings. The first kappa shape index (κ1) is 12.2. The third-order valence-corrected chi connectivity index (χ3v) is 4.49. The van der Waals surface area contributed by atoms with E-state index in [-0.39, 0.29) is 5.95 Å². The average Bonchev–Trinajstić information content (AvgIpc) is 2.98. The molecule has 0 unspecified atom stereocenters. The van der Waals surface area contributed by atoms with E-state index < -0.39 is 0 Å². The Balaban J connectivity index is 1.78. The minimum atomic E-state index is 0.164. The summed E-state index contributed by atoms with van der Waals surface area (Å²) in [6.45, 7) is 0.828. The lowest BCUT2D eigenvalue weighted by Crippen LogP contribution is -2.20. The molecule has 0 radical (unpaired) electrons. The smallest absolute Gasteiger partial charge is 0.258 e. The molecule has 0 atom stereocenters. The van der Waals surface area contributed by atoms with Gasteiger partial charge in [-0.05, 0) is 19.1 Å². The van der Waals surface area contributed by atoms with Crippen molar-refractivity contribution >= 4 is 23.7 Å². The van der Waals surface area contributed by atoms with Crippen LogP contribution in [0.5, 0.6) is 0 Å². The number of thioether (sulfide) groups is 1. The highest BCUT2D eigenvalue weighted by Crippen LogP contribution is 2.46. The molecule has 2 heterocycles. The van der Waals surface area contributed by atoms with Crippen LogP contribution in [0.3, 0.4) is 0 Å². The van der Waals surface area contributed by atoms with Gasteiger partial charge in [0.25, 0.3) is 5.95 Å². The van der Waals surface area contributed by atoms with Crippen molar-refractivity contribution in [2.75, 3.05) is 23.9 Å². The summed E-state index contributed by atoms with van der Waals surface area (Å²) in [6.07, 6.45) is 7.50. The fraction of sp³-hybridized carbons (Fsp3) is 0.500. The molecule has 0 aliphatic heterocycles. The van der Waals surface area contributed by atoms with Gasteiger partial charge >= 0.3 is 0 Å². The Kier molecular flexibility index (Phi) is 2.97. The zero-order valence-corrected chi connectivity index (χ0v) is 11.3. The number of nitrogen functional groups attached to an aromatic ring is 1. The first-order valence-corrected chi connectivity index (χ1v) is 7.09. The zero-order chi connectivity index (χ0) is 13.3. The Hall–Kier alpha value is -1.90. The van der Waals surface area contributed by atoms with E-state index in [2.05, 4.69) is 36.6 Å². The van der Waals surface area contributed by atoms with E-state index in [1.807, 2.05) is 11.8 Å². The maximum Gasteiger partial charge on any atom is 0.258 e. The standard InChI is InChI=1S/C10H14N8S/c1-19-10(2-3-10)4-13-8-15-7(11)16-9(17-8)18-6-12-5-14-18/h5-6H,2-4H2,1H3,(H3,11,13,15,16,17). The van der Waals surface area contributed by atoms with Crippen LogP contribution in [-0.2, 0) is 0 Å². The minimum absolute atomic E-state index is 0.164. The molecule has 0 spiro atoms. The van der Waals surface area contributed by atoms with Crippen molar-refractivity contribution < 1.29 is 0 Å². The molecule has 1 fully saturated rings. The van der Waals surface area contributed by atoms with Gasteiger partial charge in [-0.3, -0.25) is 0 Å². The Morgan fingerprint density at radius 3 is 2.89 bits per heavy atom. The van der Waals surface area contributed by atoms with Crippen molar-refractivity contribution in [2.24, 2.45) is 0 Å². The van der Waals surface area contributed by atoms with E-state index in [1.54, 1.807) is 0 Å². The number of hydrogen-bond acceptors (Lipinski definition) is 8. The van der Waals surface area contributed by atoms with Crippen molar-refractivity contribution in [1.82, 2.24) is 29.7 Å². The second-order valence-corrected chi connectivity index (χ2v) is 5.67. The van der Waals surface area contributed by atoms with E-state index in [4.69, 9.17) is 5.73 Å². The number of rotatable bonds is 5. The second kappa shape index (κ2) is 4.65. The number of nitrogens with two attached hydrogens (primary N) is 1. The fourth-order valence-corrected chi connectivity index (χ4v) is 2.43. The molecule has 0 bridgehead atoms. The van der Waals surface area contributed by atoms with Gasteiger partial charge in [0.1, 0.15) is 12.7 Å². The number of nitrogens with zero attached hydrogens (tertiary/aromatic N) is 6. The molecule has 8 nitrogen and oxygen atoms in total. The summed E-state index contributed by atoms with van der Waals surface area (Å²) in [5, 5.41) is 7.19. The molecule has 19 heavy (non-hydrogen) atoms. The lowest BCUT2D eigenvalue weighted by molar-refractivity contribution is 0.794. The maximum absolute atomic E-state index is 5.68. The van der Waals surface area contributed by atoms with Crippen LogP contribution in [0.25, 0.3) is 5.95 Å². The van der Waals surface area contributed by atoms with Gasteiger partial charge in [0, 0.05) is 11.3 Å². The van der Waals surface area contributed by atoms with Crippen LogP contribution in [-0.4, -0.2) is 47.3 Å². The van der Waals surface area contributed by atoms with Crippen LogP contribution in [0, 0.1) is 0 Å². The normalized spacial score (nSPS) is 16.3. The molecule has 0 amide bonds.